The zero-order valence-corrected chi connectivity index (χ0v) is 14.7. The van der Waals surface area contributed by atoms with Crippen LogP contribution in [0.2, 0.25) is 0 Å². The number of nitrogens with one attached hydrogen (secondary N) is 1. The van der Waals surface area contributed by atoms with E-state index in [2.05, 4.69) is 51.4 Å². The summed E-state index contributed by atoms with van der Waals surface area (Å²) in [5, 5.41) is 3.79. The van der Waals surface area contributed by atoms with Crippen LogP contribution in [0.1, 0.15) is 73.1 Å². The average molecular weight is 283 g/mol. The summed E-state index contributed by atoms with van der Waals surface area (Å²) in [6.45, 7) is 18.8. The second-order valence-electron chi connectivity index (χ2n) is 6.26. The van der Waals surface area contributed by atoms with E-state index in [4.69, 9.17) is 0 Å². The van der Waals surface area contributed by atoms with E-state index in [1.165, 1.54) is 32.1 Å². The van der Waals surface area contributed by atoms with Crippen molar-refractivity contribution in [3.05, 3.63) is 12.7 Å². The first-order chi connectivity index (χ1) is 9.54. The molecule has 0 spiro atoms. The summed E-state index contributed by atoms with van der Waals surface area (Å²) in [4.78, 5) is 2.59. The number of nitrogens with zero attached hydrogens (tertiary/aromatic N) is 1. The highest BCUT2D eigenvalue weighted by molar-refractivity contribution is 4.93. The molecule has 0 aromatic heterocycles. The van der Waals surface area contributed by atoms with E-state index >= 15 is 0 Å². The van der Waals surface area contributed by atoms with Crippen molar-refractivity contribution in [2.24, 2.45) is 0 Å². The Morgan fingerprint density at radius 2 is 1.75 bits per heavy atom. The van der Waals surface area contributed by atoms with Gasteiger partial charge in [0.05, 0.1) is 0 Å². The lowest BCUT2D eigenvalue weighted by molar-refractivity contribution is 0.0863. The molecule has 0 aromatic rings. The van der Waals surface area contributed by atoms with Crippen LogP contribution in [0.3, 0.4) is 0 Å². The Morgan fingerprint density at radius 3 is 2.25 bits per heavy atom. The fraction of sp³-hybridized carbons (Fsp3) is 0.889. The first-order valence-electron chi connectivity index (χ1n) is 8.63. The van der Waals surface area contributed by atoms with Gasteiger partial charge < -0.3 is 5.32 Å². The predicted molar refractivity (Wildman–Crippen MR) is 92.4 cm³/mol. The molecular formula is C18H38N2. The quantitative estimate of drug-likeness (QED) is 0.392. The number of hydrogen-bond donors (Lipinski definition) is 1. The van der Waals surface area contributed by atoms with Crippen LogP contribution in [-0.2, 0) is 0 Å². The summed E-state index contributed by atoms with van der Waals surface area (Å²) in [6.07, 6.45) is 9.61. The van der Waals surface area contributed by atoms with Gasteiger partial charge in [-0.05, 0) is 59.2 Å². The highest BCUT2D eigenvalue weighted by Gasteiger charge is 2.32. The largest absolute Gasteiger partial charge is 0.312 e. The van der Waals surface area contributed by atoms with Gasteiger partial charge in [-0.2, -0.15) is 0 Å². The van der Waals surface area contributed by atoms with Gasteiger partial charge in [0.1, 0.15) is 0 Å². The fourth-order valence-electron chi connectivity index (χ4n) is 3.10. The number of rotatable bonds is 13. The third-order valence-corrected chi connectivity index (χ3v) is 4.47. The standard InChI is InChI=1S/C18H38N2/c1-7-11-12-13-14-15-17(19-16-8-2)18(5,6)20(9-3)10-4/h7,17,19H,1,8-16H2,2-6H3. The van der Waals surface area contributed by atoms with Gasteiger partial charge in [-0.25, -0.2) is 0 Å². The monoisotopic (exact) mass is 282 g/mol. The molecule has 0 aromatic carbocycles. The van der Waals surface area contributed by atoms with Crippen LogP contribution in [0, 0.1) is 0 Å². The Morgan fingerprint density at radius 1 is 1.10 bits per heavy atom. The SMILES string of the molecule is C=CCCCCCC(NCCC)C(C)(C)N(CC)CC. The molecule has 20 heavy (non-hydrogen) atoms. The Kier molecular flexibility index (Phi) is 11.1. The van der Waals surface area contributed by atoms with Gasteiger partial charge in [-0.1, -0.05) is 39.7 Å². The Hall–Kier alpha value is -0.340. The number of likely N-dealkylation sites (N-methyl/N-ethyl adjacent to an activating group) is 1. The van der Waals surface area contributed by atoms with Crippen molar-refractivity contribution in [2.45, 2.75) is 84.7 Å². The van der Waals surface area contributed by atoms with Gasteiger partial charge in [0, 0.05) is 11.6 Å². The molecule has 0 aliphatic heterocycles. The molecule has 0 aliphatic carbocycles. The number of hydrogen-bond acceptors (Lipinski definition) is 2. The third-order valence-electron chi connectivity index (χ3n) is 4.47. The number of allylic oxidation sites excluding steroid dienone is 1. The van der Waals surface area contributed by atoms with Gasteiger partial charge in [0.15, 0.2) is 0 Å². The first-order valence-corrected chi connectivity index (χ1v) is 8.63. The van der Waals surface area contributed by atoms with Crippen LogP contribution < -0.4 is 5.32 Å². The van der Waals surface area contributed by atoms with E-state index in [9.17, 15) is 0 Å². The molecule has 2 nitrogen and oxygen atoms in total. The van der Waals surface area contributed by atoms with Crippen molar-refractivity contribution in [1.82, 2.24) is 10.2 Å². The molecule has 0 heterocycles. The summed E-state index contributed by atoms with van der Waals surface area (Å²) < 4.78 is 0. The van der Waals surface area contributed by atoms with E-state index in [0.717, 1.165) is 26.1 Å². The van der Waals surface area contributed by atoms with E-state index in [1.807, 2.05) is 6.08 Å². The minimum Gasteiger partial charge on any atom is -0.312 e. The molecule has 120 valence electrons. The Labute approximate surface area is 128 Å². The summed E-state index contributed by atoms with van der Waals surface area (Å²) in [5.41, 5.74) is 0.233. The molecule has 1 N–H and O–H groups in total. The van der Waals surface area contributed by atoms with E-state index < -0.39 is 0 Å². The van der Waals surface area contributed by atoms with Gasteiger partial charge >= 0.3 is 0 Å². The molecule has 0 saturated carbocycles. The molecule has 0 fully saturated rings. The van der Waals surface area contributed by atoms with Crippen LogP contribution in [-0.4, -0.2) is 36.1 Å². The van der Waals surface area contributed by atoms with Crippen LogP contribution in [0.4, 0.5) is 0 Å². The van der Waals surface area contributed by atoms with Crippen molar-refractivity contribution >= 4 is 0 Å². The van der Waals surface area contributed by atoms with Crippen molar-refractivity contribution in [1.29, 1.82) is 0 Å². The van der Waals surface area contributed by atoms with Crippen molar-refractivity contribution in [2.75, 3.05) is 19.6 Å². The molecule has 1 unspecified atom stereocenters. The molecule has 0 aliphatic rings. The van der Waals surface area contributed by atoms with E-state index in [0.29, 0.717) is 6.04 Å². The molecule has 0 bridgehead atoms. The van der Waals surface area contributed by atoms with Gasteiger partial charge in [0.2, 0.25) is 0 Å². The van der Waals surface area contributed by atoms with Crippen LogP contribution in [0.5, 0.6) is 0 Å². The lowest BCUT2D eigenvalue weighted by atomic mass is 9.88. The molecule has 2 heteroatoms. The smallest absolute Gasteiger partial charge is 0.0306 e. The lowest BCUT2D eigenvalue weighted by Gasteiger charge is -2.44. The Balaban J connectivity index is 4.47. The van der Waals surface area contributed by atoms with Crippen molar-refractivity contribution in [3.8, 4) is 0 Å². The van der Waals surface area contributed by atoms with Gasteiger partial charge in [0.25, 0.3) is 0 Å². The summed E-state index contributed by atoms with van der Waals surface area (Å²) >= 11 is 0. The molecular weight excluding hydrogens is 244 g/mol. The van der Waals surface area contributed by atoms with Crippen LogP contribution in [0.25, 0.3) is 0 Å². The summed E-state index contributed by atoms with van der Waals surface area (Å²) in [6, 6.07) is 0.589. The zero-order valence-electron chi connectivity index (χ0n) is 14.7. The number of unbranched alkanes of at least 4 members (excludes halogenated alkanes) is 3. The highest BCUT2D eigenvalue weighted by Crippen LogP contribution is 2.23. The normalized spacial score (nSPS) is 13.7. The molecule has 0 amide bonds. The topological polar surface area (TPSA) is 15.3 Å². The van der Waals surface area contributed by atoms with E-state index in [1.54, 1.807) is 0 Å². The maximum atomic E-state index is 3.80. The molecule has 1 atom stereocenters. The summed E-state index contributed by atoms with van der Waals surface area (Å²) in [5.74, 6) is 0. The van der Waals surface area contributed by atoms with Gasteiger partial charge in [-0.15, -0.1) is 6.58 Å². The van der Waals surface area contributed by atoms with Crippen molar-refractivity contribution in [3.63, 3.8) is 0 Å². The second kappa shape index (κ2) is 11.3. The van der Waals surface area contributed by atoms with E-state index in [-0.39, 0.29) is 5.54 Å². The molecule has 0 radical (unpaired) electrons. The Bertz CT molecular complexity index is 232. The minimum atomic E-state index is 0.233. The fourth-order valence-corrected chi connectivity index (χ4v) is 3.10. The second-order valence-corrected chi connectivity index (χ2v) is 6.26. The first kappa shape index (κ1) is 19.7. The van der Waals surface area contributed by atoms with Crippen molar-refractivity contribution < 1.29 is 0 Å². The average Bonchev–Trinajstić information content (AvgIpc) is 2.42. The third kappa shape index (κ3) is 6.90. The van der Waals surface area contributed by atoms with Crippen LogP contribution in [0.15, 0.2) is 12.7 Å². The highest BCUT2D eigenvalue weighted by atomic mass is 15.2. The molecule has 0 rings (SSSR count). The predicted octanol–water partition coefficient (Wildman–Crippen LogP) is 4.61. The molecule has 0 saturated heterocycles. The lowest BCUT2D eigenvalue weighted by Crippen LogP contribution is -2.57. The minimum absolute atomic E-state index is 0.233. The maximum Gasteiger partial charge on any atom is 0.0306 e. The van der Waals surface area contributed by atoms with Crippen LogP contribution >= 0.6 is 0 Å². The zero-order chi connectivity index (χ0) is 15.4. The maximum absolute atomic E-state index is 3.80. The van der Waals surface area contributed by atoms with Gasteiger partial charge in [-0.3, -0.25) is 4.90 Å². The summed E-state index contributed by atoms with van der Waals surface area (Å²) in [7, 11) is 0.